The fourth-order valence-electron chi connectivity index (χ4n) is 2.84. The van der Waals surface area contributed by atoms with Crippen LogP contribution in [-0.4, -0.2) is 43.1 Å². The van der Waals surface area contributed by atoms with Gasteiger partial charge in [0.25, 0.3) is 5.91 Å². The molecule has 0 spiro atoms. The molecular formula is C19H19N3O3. The lowest BCUT2D eigenvalue weighted by Crippen LogP contribution is -2.29. The second-order valence-electron chi connectivity index (χ2n) is 5.80. The summed E-state index contributed by atoms with van der Waals surface area (Å²) in [5, 5.41) is 3.32. The molecule has 1 amide bonds. The number of aromatic nitrogens is 1. The highest BCUT2D eigenvalue weighted by molar-refractivity contribution is 6.00. The Hall–Kier alpha value is -3.07. The number of amides is 1. The van der Waals surface area contributed by atoms with E-state index in [0.29, 0.717) is 11.4 Å². The van der Waals surface area contributed by atoms with Crippen LogP contribution in [0.25, 0.3) is 10.9 Å². The van der Waals surface area contributed by atoms with Crippen LogP contribution in [0.4, 0.5) is 5.82 Å². The summed E-state index contributed by atoms with van der Waals surface area (Å²) in [6.45, 7) is 1.45. The number of nitrogens with one attached hydrogen (secondary N) is 1. The summed E-state index contributed by atoms with van der Waals surface area (Å²) in [6, 6.07) is 9.39. The van der Waals surface area contributed by atoms with E-state index in [-0.39, 0.29) is 13.2 Å². The number of hydrogen-bond acceptors (Lipinski definition) is 5. The van der Waals surface area contributed by atoms with Crippen LogP contribution >= 0.6 is 0 Å². The smallest absolute Gasteiger partial charge is 0.342 e. The average Bonchev–Trinajstić information content (AvgIpc) is 3.17. The van der Waals surface area contributed by atoms with Crippen molar-refractivity contribution < 1.29 is 14.3 Å². The molecule has 6 heteroatoms. The summed E-state index contributed by atoms with van der Waals surface area (Å²) in [6.07, 6.45) is 7.21. The molecule has 3 rings (SSSR count). The lowest BCUT2D eigenvalue weighted by molar-refractivity contribution is -0.123. The summed E-state index contributed by atoms with van der Waals surface area (Å²) in [7, 11) is 0. The van der Waals surface area contributed by atoms with E-state index in [1.54, 1.807) is 6.07 Å². The molecule has 0 unspecified atom stereocenters. The van der Waals surface area contributed by atoms with E-state index in [2.05, 4.69) is 21.1 Å². The summed E-state index contributed by atoms with van der Waals surface area (Å²) in [5.41, 5.74) is 1.21. The number of nitrogens with zero attached hydrogens (tertiary/aromatic N) is 2. The first-order chi connectivity index (χ1) is 12.2. The quantitative estimate of drug-likeness (QED) is 0.665. The minimum absolute atomic E-state index is 0.104. The van der Waals surface area contributed by atoms with Gasteiger partial charge in [0.2, 0.25) is 0 Å². The predicted octanol–water partition coefficient (Wildman–Crippen LogP) is 1.74. The number of fused-ring (bicyclic) bond motifs is 1. The Morgan fingerprint density at radius 2 is 2.04 bits per heavy atom. The van der Waals surface area contributed by atoms with E-state index in [4.69, 9.17) is 11.2 Å². The maximum atomic E-state index is 12.5. The molecule has 6 nitrogen and oxygen atoms in total. The molecule has 1 aromatic heterocycles. The van der Waals surface area contributed by atoms with Crippen LogP contribution in [-0.2, 0) is 9.53 Å². The summed E-state index contributed by atoms with van der Waals surface area (Å²) in [5.74, 6) is 1.92. The van der Waals surface area contributed by atoms with Crippen molar-refractivity contribution in [2.24, 2.45) is 0 Å². The Balaban J connectivity index is 1.85. The fraction of sp³-hybridized carbons (Fsp3) is 0.316. The van der Waals surface area contributed by atoms with Crippen LogP contribution in [0, 0.1) is 12.3 Å². The molecule has 0 radical (unpaired) electrons. The van der Waals surface area contributed by atoms with Gasteiger partial charge >= 0.3 is 5.97 Å². The van der Waals surface area contributed by atoms with Gasteiger partial charge in [0.15, 0.2) is 6.61 Å². The topological polar surface area (TPSA) is 71.5 Å². The first-order valence-electron chi connectivity index (χ1n) is 8.21. The van der Waals surface area contributed by atoms with Gasteiger partial charge in [-0.3, -0.25) is 4.79 Å². The molecule has 0 aliphatic carbocycles. The maximum absolute atomic E-state index is 12.5. The van der Waals surface area contributed by atoms with Crippen LogP contribution in [0.2, 0.25) is 0 Å². The SMILES string of the molecule is C#CCNC(=O)COC(=O)c1cc2ccccc2nc1N1CCCC1. The zero-order valence-corrected chi connectivity index (χ0v) is 13.8. The van der Waals surface area contributed by atoms with Crippen LogP contribution in [0.5, 0.6) is 0 Å². The van der Waals surface area contributed by atoms with Crippen molar-refractivity contribution in [2.75, 3.05) is 31.1 Å². The third-order valence-electron chi connectivity index (χ3n) is 4.05. The molecule has 1 aliphatic heterocycles. The standard InChI is InChI=1S/C19H19N3O3/c1-2-9-20-17(23)13-25-19(24)15-12-14-7-3-4-8-16(14)21-18(15)22-10-5-6-11-22/h1,3-4,7-8,12H,5-6,9-11,13H2,(H,20,23). The Morgan fingerprint density at radius 3 is 2.80 bits per heavy atom. The van der Waals surface area contributed by atoms with Gasteiger partial charge in [0.05, 0.1) is 12.1 Å². The molecular weight excluding hydrogens is 318 g/mol. The van der Waals surface area contributed by atoms with Crippen LogP contribution < -0.4 is 10.2 Å². The number of carbonyl (C=O) groups excluding carboxylic acids is 2. The molecule has 1 aliphatic rings. The molecule has 1 saturated heterocycles. The normalized spacial score (nSPS) is 13.5. The molecule has 128 valence electrons. The van der Waals surface area contributed by atoms with E-state index in [1.165, 1.54) is 0 Å². The first kappa shape index (κ1) is 16.8. The van der Waals surface area contributed by atoms with Gasteiger partial charge in [-0.05, 0) is 25.0 Å². The second kappa shape index (κ2) is 7.67. The van der Waals surface area contributed by atoms with Crippen molar-refractivity contribution in [1.29, 1.82) is 0 Å². The highest BCUT2D eigenvalue weighted by atomic mass is 16.5. The van der Waals surface area contributed by atoms with Gasteiger partial charge in [-0.15, -0.1) is 6.42 Å². The van der Waals surface area contributed by atoms with Crippen molar-refractivity contribution >= 4 is 28.6 Å². The van der Waals surface area contributed by atoms with Crippen LogP contribution in [0.15, 0.2) is 30.3 Å². The van der Waals surface area contributed by atoms with E-state index in [1.807, 2.05) is 24.3 Å². The number of hydrogen-bond donors (Lipinski definition) is 1. The van der Waals surface area contributed by atoms with E-state index >= 15 is 0 Å². The Labute approximate surface area is 146 Å². The molecule has 0 saturated carbocycles. The van der Waals surface area contributed by atoms with E-state index < -0.39 is 11.9 Å². The number of pyridine rings is 1. The molecule has 2 aromatic rings. The monoisotopic (exact) mass is 337 g/mol. The van der Waals surface area contributed by atoms with Crippen molar-refractivity contribution in [3.05, 3.63) is 35.9 Å². The third-order valence-corrected chi connectivity index (χ3v) is 4.05. The lowest BCUT2D eigenvalue weighted by atomic mass is 10.1. The Bertz CT molecular complexity index is 835. The number of terminal acetylenes is 1. The van der Waals surface area contributed by atoms with Crippen molar-refractivity contribution in [3.8, 4) is 12.3 Å². The molecule has 1 aromatic carbocycles. The molecule has 0 bridgehead atoms. The second-order valence-corrected chi connectivity index (χ2v) is 5.80. The van der Waals surface area contributed by atoms with Crippen molar-refractivity contribution in [3.63, 3.8) is 0 Å². The van der Waals surface area contributed by atoms with Gasteiger partial charge in [-0.1, -0.05) is 24.1 Å². The van der Waals surface area contributed by atoms with E-state index in [0.717, 1.165) is 36.8 Å². The molecule has 2 heterocycles. The minimum atomic E-state index is -0.559. The number of benzene rings is 1. The van der Waals surface area contributed by atoms with Gasteiger partial charge in [-0.2, -0.15) is 0 Å². The Morgan fingerprint density at radius 1 is 1.28 bits per heavy atom. The highest BCUT2D eigenvalue weighted by Gasteiger charge is 2.23. The van der Waals surface area contributed by atoms with Crippen LogP contribution in [0.3, 0.4) is 0 Å². The molecule has 25 heavy (non-hydrogen) atoms. The maximum Gasteiger partial charge on any atom is 0.342 e. The Kier molecular flexibility index (Phi) is 5.14. The number of carbonyl (C=O) groups is 2. The van der Waals surface area contributed by atoms with Crippen LogP contribution in [0.1, 0.15) is 23.2 Å². The van der Waals surface area contributed by atoms with Gasteiger partial charge in [0, 0.05) is 18.5 Å². The average molecular weight is 337 g/mol. The van der Waals surface area contributed by atoms with E-state index in [9.17, 15) is 9.59 Å². The van der Waals surface area contributed by atoms with Crippen molar-refractivity contribution in [1.82, 2.24) is 10.3 Å². The summed E-state index contributed by atoms with van der Waals surface area (Å²) >= 11 is 0. The highest BCUT2D eigenvalue weighted by Crippen LogP contribution is 2.27. The predicted molar refractivity (Wildman–Crippen MR) is 95.3 cm³/mol. The molecule has 1 fully saturated rings. The summed E-state index contributed by atoms with van der Waals surface area (Å²) < 4.78 is 5.15. The van der Waals surface area contributed by atoms with Gasteiger partial charge in [0.1, 0.15) is 11.4 Å². The summed E-state index contributed by atoms with van der Waals surface area (Å²) in [4.78, 5) is 30.9. The number of para-hydroxylation sites is 1. The van der Waals surface area contributed by atoms with Gasteiger partial charge < -0.3 is 15.0 Å². The first-order valence-corrected chi connectivity index (χ1v) is 8.21. The third kappa shape index (κ3) is 3.89. The fourth-order valence-corrected chi connectivity index (χ4v) is 2.84. The molecule has 1 N–H and O–H groups in total. The zero-order chi connectivity index (χ0) is 17.6. The number of rotatable bonds is 5. The number of anilines is 1. The van der Waals surface area contributed by atoms with Crippen molar-refractivity contribution in [2.45, 2.75) is 12.8 Å². The zero-order valence-electron chi connectivity index (χ0n) is 13.8. The number of esters is 1. The molecule has 0 atom stereocenters. The lowest BCUT2D eigenvalue weighted by Gasteiger charge is -2.20. The largest absolute Gasteiger partial charge is 0.452 e. The number of ether oxygens (including phenoxy) is 1. The van der Waals surface area contributed by atoms with Gasteiger partial charge in [-0.25, -0.2) is 9.78 Å². The minimum Gasteiger partial charge on any atom is -0.452 e.